The highest BCUT2D eigenvalue weighted by atomic mass is 16.5. The van der Waals surface area contributed by atoms with Crippen LogP contribution in [-0.2, 0) is 57.7 Å². The second kappa shape index (κ2) is 25.5. The third-order valence-electron chi connectivity index (χ3n) is 13.3. The molecule has 4 aromatic carbocycles. The van der Waals surface area contributed by atoms with Gasteiger partial charge in [-0.05, 0) is 71.8 Å². The molecule has 8 amide bonds. The minimum absolute atomic E-state index is 0.00674. The monoisotopic (exact) mass is 999 g/mol. The standard InChI is InChI=1S/C54H65N9O10/c1-35(61-53(71)73-32-43-41-17-8-6-15-39(41)40-16-7-9-18-42(40)43)49(67)60-34-54(51(69)57-26-21-46(64)55-24-11-29-72-45-19-10-14-37-31-63(2)28-23-38(37)45)33-59-47(65)20-25-56-50(68)44(30-36-12-4-3-5-13-36)62-48(66)22-27-58-52(54)70/h3-10,12-19,35,43-44H,11,20-34H2,1-2H3,(H,55,64)(H,56,68)(H,57,69)(H,58,70)(H,59,65)(H,60,67)(H,61,71)(H,62,66)/t35-,44-,54?/m0/s1. The van der Waals surface area contributed by atoms with E-state index in [1.54, 1.807) is 12.1 Å². The molecule has 3 aliphatic rings. The van der Waals surface area contributed by atoms with Crippen LogP contribution in [0.5, 0.6) is 5.75 Å². The van der Waals surface area contributed by atoms with Crippen molar-refractivity contribution >= 4 is 47.4 Å². The lowest BCUT2D eigenvalue weighted by Crippen LogP contribution is -2.62. The molecule has 3 atom stereocenters. The molecule has 8 N–H and O–H groups in total. The molecule has 73 heavy (non-hydrogen) atoms. The summed E-state index contributed by atoms with van der Waals surface area (Å²) in [6.07, 6.45) is -0.0317. The minimum Gasteiger partial charge on any atom is -0.493 e. The van der Waals surface area contributed by atoms with Crippen molar-refractivity contribution in [2.24, 2.45) is 5.41 Å². The zero-order valence-corrected chi connectivity index (χ0v) is 41.3. The summed E-state index contributed by atoms with van der Waals surface area (Å²) in [6.45, 7) is 1.89. The number of hydrogen-bond donors (Lipinski definition) is 8. The number of fused-ring (bicyclic) bond motifs is 4. The Morgan fingerprint density at radius 3 is 2.22 bits per heavy atom. The van der Waals surface area contributed by atoms with Crippen molar-refractivity contribution in [2.45, 2.75) is 70.0 Å². The summed E-state index contributed by atoms with van der Waals surface area (Å²) in [7, 11) is 2.08. The average molecular weight is 1000 g/mol. The second-order valence-electron chi connectivity index (χ2n) is 18.6. The largest absolute Gasteiger partial charge is 0.493 e. The topological polar surface area (TPSA) is 254 Å². The Bertz CT molecular complexity index is 2600. The first-order chi connectivity index (χ1) is 35.3. The van der Waals surface area contributed by atoms with Gasteiger partial charge >= 0.3 is 6.09 Å². The van der Waals surface area contributed by atoms with E-state index in [2.05, 4.69) is 60.5 Å². The zero-order valence-electron chi connectivity index (χ0n) is 41.3. The highest BCUT2D eigenvalue weighted by Gasteiger charge is 2.47. The van der Waals surface area contributed by atoms with Crippen LogP contribution in [0.15, 0.2) is 97.1 Å². The summed E-state index contributed by atoms with van der Waals surface area (Å²) >= 11 is 0. The van der Waals surface area contributed by atoms with E-state index < -0.39 is 72.1 Å². The van der Waals surface area contributed by atoms with Crippen molar-refractivity contribution in [2.75, 3.05) is 66.1 Å². The molecule has 0 radical (unpaired) electrons. The Balaban J connectivity index is 0.979. The Labute approximate surface area is 424 Å². The van der Waals surface area contributed by atoms with Crippen LogP contribution in [0.4, 0.5) is 4.79 Å². The molecular formula is C54H65N9O10. The summed E-state index contributed by atoms with van der Waals surface area (Å²) in [5, 5.41) is 21.2. The molecule has 1 aliphatic carbocycles. The number of ether oxygens (including phenoxy) is 2. The van der Waals surface area contributed by atoms with Crippen molar-refractivity contribution in [3.05, 3.63) is 125 Å². The molecule has 2 heterocycles. The van der Waals surface area contributed by atoms with Gasteiger partial charge in [0.25, 0.3) is 0 Å². The molecule has 0 aromatic heterocycles. The maximum absolute atomic E-state index is 14.4. The lowest BCUT2D eigenvalue weighted by Gasteiger charge is -2.32. The van der Waals surface area contributed by atoms with Crippen molar-refractivity contribution in [3.63, 3.8) is 0 Å². The molecule has 1 fully saturated rings. The number of nitrogens with zero attached hydrogens (tertiary/aromatic N) is 1. The zero-order chi connectivity index (χ0) is 51.7. The molecule has 0 spiro atoms. The Morgan fingerprint density at radius 1 is 0.767 bits per heavy atom. The van der Waals surface area contributed by atoms with Crippen molar-refractivity contribution in [1.82, 2.24) is 47.4 Å². The van der Waals surface area contributed by atoms with Crippen LogP contribution in [0.3, 0.4) is 0 Å². The molecule has 386 valence electrons. The SMILES string of the molecule is C[C@H](NC(=O)OCC1c2ccccc2-c2ccccc21)C(=O)NCC1(C(=O)NCCC(=O)NCCCOc2cccc3c2CCN(C)C3)CNC(=O)CCNC(=O)[C@H](Cc2ccccc2)NC(=O)CCNC1=O. The third-order valence-corrected chi connectivity index (χ3v) is 13.3. The number of amides is 8. The van der Waals surface area contributed by atoms with Gasteiger partial charge in [0.05, 0.1) is 6.61 Å². The van der Waals surface area contributed by atoms with Gasteiger partial charge in [-0.2, -0.15) is 0 Å². The fourth-order valence-corrected chi connectivity index (χ4v) is 9.18. The first-order valence-corrected chi connectivity index (χ1v) is 24.8. The number of likely N-dealkylation sites (N-methyl/N-ethyl adjacent to an activating group) is 1. The average Bonchev–Trinajstić information content (AvgIpc) is 3.70. The second-order valence-corrected chi connectivity index (χ2v) is 18.6. The van der Waals surface area contributed by atoms with Gasteiger partial charge < -0.3 is 56.9 Å². The number of carbonyl (C=O) groups is 8. The molecule has 2 aliphatic heterocycles. The van der Waals surface area contributed by atoms with Gasteiger partial charge in [0.2, 0.25) is 41.4 Å². The van der Waals surface area contributed by atoms with Crippen molar-refractivity contribution in [1.29, 1.82) is 0 Å². The van der Waals surface area contributed by atoms with Gasteiger partial charge in [-0.1, -0.05) is 91.0 Å². The minimum atomic E-state index is -2.25. The first-order valence-electron chi connectivity index (χ1n) is 24.8. The normalized spacial score (nSPS) is 18.8. The van der Waals surface area contributed by atoms with Gasteiger partial charge in [-0.3, -0.25) is 33.6 Å². The number of benzene rings is 4. The van der Waals surface area contributed by atoms with Crippen LogP contribution in [0.25, 0.3) is 11.1 Å². The molecule has 7 rings (SSSR count). The van der Waals surface area contributed by atoms with E-state index in [1.807, 2.05) is 78.9 Å². The fraction of sp³-hybridized carbons (Fsp3) is 0.407. The summed E-state index contributed by atoms with van der Waals surface area (Å²) < 4.78 is 11.7. The lowest BCUT2D eigenvalue weighted by atomic mass is 9.84. The van der Waals surface area contributed by atoms with E-state index in [1.165, 1.54) is 18.1 Å². The number of nitrogens with one attached hydrogen (secondary N) is 8. The van der Waals surface area contributed by atoms with Crippen LogP contribution >= 0.6 is 0 Å². The number of hydrogen-bond acceptors (Lipinski definition) is 11. The fourth-order valence-electron chi connectivity index (χ4n) is 9.18. The van der Waals surface area contributed by atoms with Gasteiger partial charge in [-0.15, -0.1) is 0 Å². The molecule has 0 bridgehead atoms. The van der Waals surface area contributed by atoms with Crippen LogP contribution in [0, 0.1) is 5.41 Å². The molecule has 0 saturated carbocycles. The maximum Gasteiger partial charge on any atom is 0.407 e. The van der Waals surface area contributed by atoms with Crippen molar-refractivity contribution < 1.29 is 47.8 Å². The van der Waals surface area contributed by atoms with E-state index in [9.17, 15) is 38.4 Å². The smallest absolute Gasteiger partial charge is 0.407 e. The molecular weight excluding hydrogens is 935 g/mol. The van der Waals surface area contributed by atoms with E-state index in [4.69, 9.17) is 9.47 Å². The van der Waals surface area contributed by atoms with Crippen LogP contribution in [0.1, 0.15) is 66.3 Å². The summed E-state index contributed by atoms with van der Waals surface area (Å²) in [5.74, 6) is -4.17. The predicted octanol–water partition coefficient (Wildman–Crippen LogP) is 1.97. The Kier molecular flexibility index (Phi) is 18.5. The van der Waals surface area contributed by atoms with E-state index >= 15 is 0 Å². The highest BCUT2D eigenvalue weighted by Crippen LogP contribution is 2.44. The Hall–Kier alpha value is -7.80. The Morgan fingerprint density at radius 2 is 1.47 bits per heavy atom. The number of carbonyl (C=O) groups excluding carboxylic acids is 8. The summed E-state index contributed by atoms with van der Waals surface area (Å²) in [6, 6.07) is 28.6. The third kappa shape index (κ3) is 14.2. The number of rotatable bonds is 17. The van der Waals surface area contributed by atoms with E-state index in [0.29, 0.717) is 19.6 Å². The molecule has 19 nitrogen and oxygen atoms in total. The van der Waals surface area contributed by atoms with Gasteiger partial charge in [-0.25, -0.2) is 4.79 Å². The van der Waals surface area contributed by atoms with Crippen LogP contribution in [-0.4, -0.2) is 131 Å². The van der Waals surface area contributed by atoms with E-state index in [-0.39, 0.29) is 63.7 Å². The van der Waals surface area contributed by atoms with Gasteiger partial charge in [0.15, 0.2) is 5.41 Å². The molecule has 1 unspecified atom stereocenters. The van der Waals surface area contributed by atoms with Crippen LogP contribution in [0.2, 0.25) is 0 Å². The molecule has 1 saturated heterocycles. The molecule has 4 aromatic rings. The van der Waals surface area contributed by atoms with E-state index in [0.717, 1.165) is 53.1 Å². The molecule has 19 heteroatoms. The van der Waals surface area contributed by atoms with Gasteiger partial charge in [0, 0.05) is 84.0 Å². The summed E-state index contributed by atoms with van der Waals surface area (Å²) in [4.78, 5) is 111. The lowest BCUT2D eigenvalue weighted by molar-refractivity contribution is -0.143. The van der Waals surface area contributed by atoms with Crippen LogP contribution < -0.4 is 47.3 Å². The highest BCUT2D eigenvalue weighted by molar-refractivity contribution is 6.07. The quantitative estimate of drug-likeness (QED) is 0.0561. The first kappa shape index (κ1) is 53.0. The number of alkyl carbamates (subject to hydrolysis) is 1. The van der Waals surface area contributed by atoms with Crippen molar-refractivity contribution in [3.8, 4) is 16.9 Å². The summed E-state index contributed by atoms with van der Waals surface area (Å²) in [5.41, 5.74) is 5.06. The predicted molar refractivity (Wildman–Crippen MR) is 271 cm³/mol. The maximum atomic E-state index is 14.4. The van der Waals surface area contributed by atoms with Gasteiger partial charge in [0.1, 0.15) is 24.4 Å².